The summed E-state index contributed by atoms with van der Waals surface area (Å²) in [5.74, 6) is -0.162. The van der Waals surface area contributed by atoms with Gasteiger partial charge in [-0.25, -0.2) is 0 Å². The van der Waals surface area contributed by atoms with Crippen molar-refractivity contribution in [2.75, 3.05) is 33.2 Å². The van der Waals surface area contributed by atoms with Crippen LogP contribution < -0.4 is 10.6 Å². The molecule has 2 N–H and O–H groups in total. The molecule has 2 aliphatic rings. The average Bonchev–Trinajstić information content (AvgIpc) is 2.45. The maximum absolute atomic E-state index is 12.5. The minimum atomic E-state index is -0.162. The Morgan fingerprint density at radius 1 is 1.17 bits per heavy atom. The van der Waals surface area contributed by atoms with Gasteiger partial charge in [-0.3, -0.25) is 4.79 Å². The normalized spacial score (nSPS) is 25.2. The smallest absolute Gasteiger partial charge is 0.266 e. The molecule has 2 rings (SSSR count). The number of likely N-dealkylation sites (N-methyl/N-ethyl adjacent to an activating group) is 1. The van der Waals surface area contributed by atoms with E-state index in [1.54, 1.807) is 11.1 Å². The Labute approximate surface area is 145 Å². The molecule has 0 aromatic rings. The fourth-order valence-electron chi connectivity index (χ4n) is 3.96. The number of piperazine rings is 1. The number of piperidine rings is 1. The van der Waals surface area contributed by atoms with E-state index in [-0.39, 0.29) is 28.6 Å². The Bertz CT molecular complexity index is 522. The fraction of sp³-hybridized carbons (Fsp3) is 0.778. The van der Waals surface area contributed by atoms with Crippen molar-refractivity contribution in [2.24, 2.45) is 0 Å². The number of amides is 1. The Kier molecular flexibility index (Phi) is 5.56. The summed E-state index contributed by atoms with van der Waals surface area (Å²) in [6.07, 6.45) is 3.53. The van der Waals surface area contributed by atoms with E-state index in [9.17, 15) is 10.1 Å². The maximum atomic E-state index is 12.5. The molecule has 2 aliphatic heterocycles. The van der Waals surface area contributed by atoms with Crippen molar-refractivity contribution in [3.8, 4) is 6.07 Å². The number of nitriles is 1. The van der Waals surface area contributed by atoms with E-state index < -0.39 is 0 Å². The molecule has 2 heterocycles. The predicted molar refractivity (Wildman–Crippen MR) is 95.2 cm³/mol. The van der Waals surface area contributed by atoms with Crippen LogP contribution in [0.25, 0.3) is 0 Å². The van der Waals surface area contributed by atoms with Crippen molar-refractivity contribution in [2.45, 2.75) is 57.7 Å². The summed E-state index contributed by atoms with van der Waals surface area (Å²) >= 11 is 0. The first-order valence-corrected chi connectivity index (χ1v) is 8.75. The maximum Gasteiger partial charge on any atom is 0.266 e. The van der Waals surface area contributed by atoms with Gasteiger partial charge in [-0.05, 0) is 47.6 Å². The quantitative estimate of drug-likeness (QED) is 0.597. The van der Waals surface area contributed by atoms with Gasteiger partial charge in [-0.15, -0.1) is 0 Å². The zero-order chi connectivity index (χ0) is 18.0. The van der Waals surface area contributed by atoms with E-state index in [4.69, 9.17) is 0 Å². The Balaban J connectivity index is 2.00. The zero-order valence-electron chi connectivity index (χ0n) is 15.6. The Hall–Kier alpha value is -1.58. The van der Waals surface area contributed by atoms with Crippen molar-refractivity contribution < 1.29 is 4.79 Å². The lowest BCUT2D eigenvalue weighted by Gasteiger charge is -2.46. The third-order valence-corrected chi connectivity index (χ3v) is 4.79. The number of rotatable bonds is 3. The van der Waals surface area contributed by atoms with E-state index in [0.717, 1.165) is 25.9 Å². The number of carbonyl (C=O) groups is 1. The van der Waals surface area contributed by atoms with Gasteiger partial charge in [0, 0.05) is 49.5 Å². The van der Waals surface area contributed by atoms with Gasteiger partial charge >= 0.3 is 0 Å². The molecule has 24 heavy (non-hydrogen) atoms. The summed E-state index contributed by atoms with van der Waals surface area (Å²) in [4.78, 5) is 16.5. The van der Waals surface area contributed by atoms with Crippen LogP contribution in [-0.2, 0) is 4.79 Å². The minimum Gasteiger partial charge on any atom is -0.387 e. The molecule has 0 bridgehead atoms. The first-order valence-electron chi connectivity index (χ1n) is 8.75. The van der Waals surface area contributed by atoms with Crippen LogP contribution in [-0.4, -0.2) is 66.1 Å². The minimum absolute atomic E-state index is 0.0293. The Morgan fingerprint density at radius 3 is 2.21 bits per heavy atom. The lowest BCUT2D eigenvalue weighted by atomic mass is 9.79. The summed E-state index contributed by atoms with van der Waals surface area (Å²) in [5.41, 5.74) is 0.261. The molecule has 0 saturated carbocycles. The molecule has 0 radical (unpaired) electrons. The van der Waals surface area contributed by atoms with Crippen LogP contribution >= 0.6 is 0 Å². The van der Waals surface area contributed by atoms with Crippen LogP contribution in [0.1, 0.15) is 40.5 Å². The highest BCUT2D eigenvalue weighted by molar-refractivity contribution is 5.97. The molecule has 0 unspecified atom stereocenters. The molecule has 6 heteroatoms. The van der Waals surface area contributed by atoms with Gasteiger partial charge in [0.15, 0.2) is 0 Å². The third-order valence-electron chi connectivity index (χ3n) is 4.79. The standard InChI is InChI=1S/C18H31N5O/c1-17(2)10-15(11-18(3,4)21-17)20-13-14(12-19)16(24)23-8-6-22(5)7-9-23/h13,15,20-21H,6-11H2,1-5H3/b14-13-. The second-order valence-corrected chi connectivity index (χ2v) is 8.43. The monoisotopic (exact) mass is 333 g/mol. The molecular formula is C18H31N5O. The van der Waals surface area contributed by atoms with Crippen molar-refractivity contribution in [3.63, 3.8) is 0 Å². The van der Waals surface area contributed by atoms with Gasteiger partial charge in [0.05, 0.1) is 0 Å². The van der Waals surface area contributed by atoms with Crippen LogP contribution in [0, 0.1) is 11.3 Å². The van der Waals surface area contributed by atoms with Crippen LogP contribution in [0.5, 0.6) is 0 Å². The summed E-state index contributed by atoms with van der Waals surface area (Å²) < 4.78 is 0. The number of hydrogen-bond acceptors (Lipinski definition) is 5. The highest BCUT2D eigenvalue weighted by Crippen LogP contribution is 2.28. The zero-order valence-corrected chi connectivity index (χ0v) is 15.6. The lowest BCUT2D eigenvalue weighted by molar-refractivity contribution is -0.128. The second-order valence-electron chi connectivity index (χ2n) is 8.43. The van der Waals surface area contributed by atoms with Crippen LogP contribution in [0.4, 0.5) is 0 Å². The van der Waals surface area contributed by atoms with Gasteiger partial charge < -0.3 is 20.4 Å². The Morgan fingerprint density at radius 2 is 1.71 bits per heavy atom. The highest BCUT2D eigenvalue weighted by atomic mass is 16.2. The second kappa shape index (κ2) is 7.12. The summed E-state index contributed by atoms with van der Waals surface area (Å²) in [6, 6.07) is 2.32. The first kappa shape index (κ1) is 18.8. The van der Waals surface area contributed by atoms with Crippen molar-refractivity contribution in [3.05, 3.63) is 11.8 Å². The number of nitrogens with zero attached hydrogens (tertiary/aromatic N) is 3. The molecule has 0 spiro atoms. The van der Waals surface area contributed by atoms with Gasteiger partial charge in [0.1, 0.15) is 11.6 Å². The van der Waals surface area contributed by atoms with Crippen molar-refractivity contribution in [1.29, 1.82) is 5.26 Å². The molecule has 2 fully saturated rings. The van der Waals surface area contributed by atoms with E-state index in [1.807, 2.05) is 7.05 Å². The molecule has 134 valence electrons. The van der Waals surface area contributed by atoms with E-state index in [1.165, 1.54) is 0 Å². The van der Waals surface area contributed by atoms with Crippen LogP contribution in [0.2, 0.25) is 0 Å². The third kappa shape index (κ3) is 4.96. The average molecular weight is 333 g/mol. The number of nitrogens with one attached hydrogen (secondary N) is 2. The molecule has 6 nitrogen and oxygen atoms in total. The van der Waals surface area contributed by atoms with E-state index in [2.05, 4.69) is 49.3 Å². The van der Waals surface area contributed by atoms with Crippen molar-refractivity contribution in [1.82, 2.24) is 20.4 Å². The van der Waals surface area contributed by atoms with E-state index in [0.29, 0.717) is 13.1 Å². The fourth-order valence-corrected chi connectivity index (χ4v) is 3.96. The van der Waals surface area contributed by atoms with Crippen LogP contribution in [0.15, 0.2) is 11.8 Å². The summed E-state index contributed by atoms with van der Waals surface area (Å²) in [5, 5.41) is 16.4. The summed E-state index contributed by atoms with van der Waals surface area (Å²) in [7, 11) is 2.05. The SMILES string of the molecule is CN1CCN(C(=O)/C(C#N)=C\NC2CC(C)(C)NC(C)(C)C2)CC1. The first-order chi connectivity index (χ1) is 11.1. The molecule has 0 aromatic heterocycles. The van der Waals surface area contributed by atoms with Crippen LogP contribution in [0.3, 0.4) is 0 Å². The van der Waals surface area contributed by atoms with Gasteiger partial charge in [0.25, 0.3) is 5.91 Å². The van der Waals surface area contributed by atoms with Gasteiger partial charge in [-0.2, -0.15) is 5.26 Å². The lowest BCUT2D eigenvalue weighted by Crippen LogP contribution is -2.61. The predicted octanol–water partition coefficient (Wildman–Crippen LogP) is 1.07. The topological polar surface area (TPSA) is 71.4 Å². The summed E-state index contributed by atoms with van der Waals surface area (Å²) in [6.45, 7) is 11.8. The molecule has 2 saturated heterocycles. The van der Waals surface area contributed by atoms with Gasteiger partial charge in [0.2, 0.25) is 0 Å². The molecular weight excluding hydrogens is 302 g/mol. The van der Waals surface area contributed by atoms with Gasteiger partial charge in [-0.1, -0.05) is 0 Å². The molecule has 0 atom stereocenters. The highest BCUT2D eigenvalue weighted by Gasteiger charge is 2.37. The largest absolute Gasteiger partial charge is 0.387 e. The number of carbonyl (C=O) groups excluding carboxylic acids is 1. The number of hydrogen-bond donors (Lipinski definition) is 2. The molecule has 0 aromatic carbocycles. The van der Waals surface area contributed by atoms with Crippen molar-refractivity contribution >= 4 is 5.91 Å². The van der Waals surface area contributed by atoms with E-state index >= 15 is 0 Å². The molecule has 0 aliphatic carbocycles. The molecule has 1 amide bonds.